The summed E-state index contributed by atoms with van der Waals surface area (Å²) in [5.41, 5.74) is -0.466. The molecule has 0 aromatic rings. The largest absolute Gasteiger partial charge is 0.444 e. The standard InChI is InChI=1S/C17H34N4O2S.HI/c1-6-10-21(16(22)23-17(2,3)4)11-9-19-15(18-5)20-14-8-7-12-24-13-14;/h14H,6-13H2,1-5H3,(H2,18,19,20);1H. The maximum atomic E-state index is 12.2. The highest BCUT2D eigenvalue weighted by Gasteiger charge is 2.21. The van der Waals surface area contributed by atoms with Gasteiger partial charge < -0.3 is 20.3 Å². The normalized spacial score (nSPS) is 18.1. The number of ether oxygens (including phenoxy) is 1. The van der Waals surface area contributed by atoms with Crippen molar-refractivity contribution in [3.05, 3.63) is 0 Å². The molecule has 2 N–H and O–H groups in total. The summed E-state index contributed by atoms with van der Waals surface area (Å²) >= 11 is 1.99. The van der Waals surface area contributed by atoms with E-state index in [-0.39, 0.29) is 30.1 Å². The lowest BCUT2D eigenvalue weighted by molar-refractivity contribution is 0.0253. The smallest absolute Gasteiger partial charge is 0.410 e. The number of hydrogen-bond acceptors (Lipinski definition) is 4. The number of nitrogens with zero attached hydrogens (tertiary/aromatic N) is 2. The monoisotopic (exact) mass is 486 g/mol. The van der Waals surface area contributed by atoms with E-state index in [1.807, 2.05) is 32.5 Å². The first-order valence-electron chi connectivity index (χ1n) is 8.88. The number of amides is 1. The minimum atomic E-state index is -0.466. The van der Waals surface area contributed by atoms with Gasteiger partial charge in [-0.15, -0.1) is 24.0 Å². The molecule has 1 atom stereocenters. The van der Waals surface area contributed by atoms with E-state index in [0.29, 0.717) is 25.7 Å². The van der Waals surface area contributed by atoms with Gasteiger partial charge in [-0.05, 0) is 45.8 Å². The molecule has 6 nitrogen and oxygen atoms in total. The SMILES string of the molecule is CCCN(CCNC(=NC)NC1CCCSC1)C(=O)OC(C)(C)C.I. The Morgan fingerprint density at radius 3 is 2.60 bits per heavy atom. The Bertz CT molecular complexity index is 410. The number of carbonyl (C=O) groups excluding carboxylic acids is 1. The van der Waals surface area contributed by atoms with Crippen LogP contribution in [-0.4, -0.2) is 66.8 Å². The van der Waals surface area contributed by atoms with Gasteiger partial charge in [0, 0.05) is 38.5 Å². The Balaban J connectivity index is 0.00000576. The van der Waals surface area contributed by atoms with Crippen LogP contribution in [0.15, 0.2) is 4.99 Å². The summed E-state index contributed by atoms with van der Waals surface area (Å²) in [4.78, 5) is 18.3. The number of hydrogen-bond donors (Lipinski definition) is 2. The van der Waals surface area contributed by atoms with Gasteiger partial charge >= 0.3 is 6.09 Å². The number of carbonyl (C=O) groups is 1. The molecule has 0 aliphatic carbocycles. The fourth-order valence-electron chi connectivity index (χ4n) is 2.44. The van der Waals surface area contributed by atoms with Crippen molar-refractivity contribution in [2.45, 2.75) is 58.6 Å². The van der Waals surface area contributed by atoms with Crippen LogP contribution in [0.3, 0.4) is 0 Å². The van der Waals surface area contributed by atoms with Crippen LogP contribution in [0.25, 0.3) is 0 Å². The second-order valence-corrected chi connectivity index (χ2v) is 8.17. The second-order valence-electron chi connectivity index (χ2n) is 7.02. The average Bonchev–Trinajstić information content (AvgIpc) is 2.52. The van der Waals surface area contributed by atoms with E-state index in [2.05, 4.69) is 22.5 Å². The van der Waals surface area contributed by atoms with Crippen molar-refractivity contribution < 1.29 is 9.53 Å². The Labute approximate surface area is 174 Å². The molecule has 1 aliphatic heterocycles. The summed E-state index contributed by atoms with van der Waals surface area (Å²) in [6.45, 7) is 9.68. The zero-order valence-electron chi connectivity index (χ0n) is 16.3. The maximum Gasteiger partial charge on any atom is 0.410 e. The summed E-state index contributed by atoms with van der Waals surface area (Å²) < 4.78 is 5.47. The van der Waals surface area contributed by atoms with E-state index in [1.54, 1.807) is 11.9 Å². The molecule has 1 fully saturated rings. The van der Waals surface area contributed by atoms with E-state index >= 15 is 0 Å². The van der Waals surface area contributed by atoms with Crippen molar-refractivity contribution >= 4 is 47.8 Å². The molecule has 0 aromatic carbocycles. The van der Waals surface area contributed by atoms with Crippen LogP contribution < -0.4 is 10.6 Å². The highest BCUT2D eigenvalue weighted by Crippen LogP contribution is 2.16. The van der Waals surface area contributed by atoms with E-state index in [9.17, 15) is 4.79 Å². The molecule has 1 heterocycles. The van der Waals surface area contributed by atoms with Gasteiger partial charge in [-0.1, -0.05) is 6.92 Å². The number of guanidine groups is 1. The fourth-order valence-corrected chi connectivity index (χ4v) is 3.51. The zero-order valence-corrected chi connectivity index (χ0v) is 19.4. The predicted octanol–water partition coefficient (Wildman–Crippen LogP) is 3.31. The zero-order chi connectivity index (χ0) is 18.0. The molecule has 1 unspecified atom stereocenters. The van der Waals surface area contributed by atoms with E-state index < -0.39 is 5.60 Å². The summed E-state index contributed by atoms with van der Waals surface area (Å²) in [7, 11) is 1.78. The number of thioether (sulfide) groups is 1. The topological polar surface area (TPSA) is 66.0 Å². The van der Waals surface area contributed by atoms with Gasteiger partial charge in [0.05, 0.1) is 0 Å². The second kappa shape index (κ2) is 12.9. The maximum absolute atomic E-state index is 12.2. The number of aliphatic imine (C=N–C) groups is 1. The lowest BCUT2D eigenvalue weighted by Crippen LogP contribution is -2.48. The van der Waals surface area contributed by atoms with Crippen molar-refractivity contribution in [1.29, 1.82) is 0 Å². The molecular formula is C17H35IN4O2S. The summed E-state index contributed by atoms with van der Waals surface area (Å²) in [6.07, 6.45) is 3.10. The fraction of sp³-hybridized carbons (Fsp3) is 0.882. The molecule has 0 saturated carbocycles. The van der Waals surface area contributed by atoms with Gasteiger partial charge in [0.2, 0.25) is 0 Å². The van der Waals surface area contributed by atoms with Crippen LogP contribution in [0.5, 0.6) is 0 Å². The molecule has 1 rings (SSSR count). The molecule has 1 saturated heterocycles. The third-order valence-electron chi connectivity index (χ3n) is 3.54. The third-order valence-corrected chi connectivity index (χ3v) is 4.76. The summed E-state index contributed by atoms with van der Waals surface area (Å²) in [5.74, 6) is 3.19. The lowest BCUT2D eigenvalue weighted by Gasteiger charge is -2.28. The number of halogens is 1. The van der Waals surface area contributed by atoms with E-state index in [0.717, 1.165) is 18.1 Å². The van der Waals surface area contributed by atoms with Gasteiger partial charge in [-0.25, -0.2) is 4.79 Å². The molecule has 0 aromatic heterocycles. The van der Waals surface area contributed by atoms with Crippen LogP contribution in [0.1, 0.15) is 47.0 Å². The van der Waals surface area contributed by atoms with Crippen molar-refractivity contribution in [1.82, 2.24) is 15.5 Å². The van der Waals surface area contributed by atoms with Crippen LogP contribution in [0, 0.1) is 0 Å². The minimum absolute atomic E-state index is 0. The molecule has 1 amide bonds. The third kappa shape index (κ3) is 11.0. The van der Waals surface area contributed by atoms with Gasteiger partial charge in [-0.3, -0.25) is 4.99 Å². The number of nitrogens with one attached hydrogen (secondary N) is 2. The molecular weight excluding hydrogens is 451 g/mol. The Kier molecular flexibility index (Phi) is 12.7. The van der Waals surface area contributed by atoms with Crippen molar-refractivity contribution in [2.75, 3.05) is 38.2 Å². The minimum Gasteiger partial charge on any atom is -0.444 e. The Hall–Kier alpha value is -0.380. The van der Waals surface area contributed by atoms with Crippen molar-refractivity contribution in [3.63, 3.8) is 0 Å². The van der Waals surface area contributed by atoms with Gasteiger partial charge in [0.25, 0.3) is 0 Å². The van der Waals surface area contributed by atoms with E-state index in [1.165, 1.54) is 18.6 Å². The van der Waals surface area contributed by atoms with Gasteiger partial charge in [-0.2, -0.15) is 11.8 Å². The van der Waals surface area contributed by atoms with Crippen LogP contribution in [0.2, 0.25) is 0 Å². The number of rotatable bonds is 6. The van der Waals surface area contributed by atoms with Crippen molar-refractivity contribution in [3.8, 4) is 0 Å². The van der Waals surface area contributed by atoms with Gasteiger partial charge in [0.15, 0.2) is 5.96 Å². The van der Waals surface area contributed by atoms with Crippen LogP contribution in [-0.2, 0) is 4.74 Å². The van der Waals surface area contributed by atoms with Crippen LogP contribution in [0.4, 0.5) is 4.79 Å². The molecule has 0 spiro atoms. The molecule has 0 bridgehead atoms. The molecule has 25 heavy (non-hydrogen) atoms. The quantitative estimate of drug-likeness (QED) is 0.343. The summed E-state index contributed by atoms with van der Waals surface area (Å²) in [6, 6.07) is 0.479. The van der Waals surface area contributed by atoms with E-state index in [4.69, 9.17) is 4.74 Å². The lowest BCUT2D eigenvalue weighted by atomic mass is 10.2. The Morgan fingerprint density at radius 2 is 2.08 bits per heavy atom. The van der Waals surface area contributed by atoms with Gasteiger partial charge in [0.1, 0.15) is 5.60 Å². The first-order chi connectivity index (χ1) is 11.4. The highest BCUT2D eigenvalue weighted by molar-refractivity contribution is 14.0. The van der Waals surface area contributed by atoms with Crippen LogP contribution >= 0.6 is 35.7 Å². The Morgan fingerprint density at radius 1 is 1.36 bits per heavy atom. The first kappa shape index (κ1) is 24.6. The molecule has 148 valence electrons. The first-order valence-corrected chi connectivity index (χ1v) is 10.0. The average molecular weight is 486 g/mol. The predicted molar refractivity (Wildman–Crippen MR) is 118 cm³/mol. The molecule has 8 heteroatoms. The van der Waals surface area contributed by atoms with Crippen molar-refractivity contribution in [2.24, 2.45) is 4.99 Å². The highest BCUT2D eigenvalue weighted by atomic mass is 127. The molecule has 0 radical (unpaired) electrons. The summed E-state index contributed by atoms with van der Waals surface area (Å²) in [5, 5.41) is 6.77. The molecule has 1 aliphatic rings.